The van der Waals surface area contributed by atoms with Gasteiger partial charge in [-0.25, -0.2) is 4.79 Å². The summed E-state index contributed by atoms with van der Waals surface area (Å²) in [6.45, 7) is 5.16. The third kappa shape index (κ3) is 4.19. The maximum Gasteiger partial charge on any atom is 0.326 e. The van der Waals surface area contributed by atoms with Crippen molar-refractivity contribution in [2.75, 3.05) is 6.54 Å². The average Bonchev–Trinajstić information content (AvgIpc) is 2.69. The van der Waals surface area contributed by atoms with E-state index in [2.05, 4.69) is 5.32 Å². The molecule has 2 amide bonds. The highest BCUT2D eigenvalue weighted by molar-refractivity contribution is 5.90. The van der Waals surface area contributed by atoms with Gasteiger partial charge in [-0.1, -0.05) is 13.8 Å². The van der Waals surface area contributed by atoms with Crippen LogP contribution in [0.25, 0.3) is 0 Å². The largest absolute Gasteiger partial charge is 0.480 e. The lowest BCUT2D eigenvalue weighted by Gasteiger charge is -2.24. The monoisotopic (exact) mass is 286 g/mol. The first-order valence-corrected chi connectivity index (χ1v) is 6.70. The number of β-amino-alcohol motifs (C(OH)–C–C–N with tert-alkyl or cyclic N) is 1. The molecule has 0 spiro atoms. The third-order valence-electron chi connectivity index (χ3n) is 3.31. The molecule has 20 heavy (non-hydrogen) atoms. The number of nitrogens with one attached hydrogen (secondary N) is 1. The summed E-state index contributed by atoms with van der Waals surface area (Å²) in [5.74, 6) is -1.81. The molecule has 0 aliphatic carbocycles. The molecular weight excluding hydrogens is 264 g/mol. The summed E-state index contributed by atoms with van der Waals surface area (Å²) < 4.78 is 0. The van der Waals surface area contributed by atoms with E-state index >= 15 is 0 Å². The van der Waals surface area contributed by atoms with Crippen LogP contribution in [0.15, 0.2) is 0 Å². The van der Waals surface area contributed by atoms with Crippen LogP contribution in [-0.2, 0) is 14.4 Å². The number of hydrogen-bond donors (Lipinski definition) is 3. The van der Waals surface area contributed by atoms with Gasteiger partial charge >= 0.3 is 5.97 Å². The van der Waals surface area contributed by atoms with Gasteiger partial charge in [0.05, 0.1) is 6.10 Å². The van der Waals surface area contributed by atoms with Crippen molar-refractivity contribution in [1.29, 1.82) is 0 Å². The maximum absolute atomic E-state index is 12.1. The smallest absolute Gasteiger partial charge is 0.326 e. The lowest BCUT2D eigenvalue weighted by molar-refractivity contribution is -0.144. The summed E-state index contributed by atoms with van der Waals surface area (Å²) >= 11 is 0. The summed E-state index contributed by atoms with van der Waals surface area (Å²) in [5.41, 5.74) is 0. The van der Waals surface area contributed by atoms with Crippen LogP contribution < -0.4 is 5.32 Å². The van der Waals surface area contributed by atoms with Crippen molar-refractivity contribution >= 4 is 17.8 Å². The minimum atomic E-state index is -1.10. The molecule has 7 heteroatoms. The number of nitrogens with zero attached hydrogens (tertiary/aromatic N) is 1. The first kappa shape index (κ1) is 16.4. The van der Waals surface area contributed by atoms with E-state index in [9.17, 15) is 19.5 Å². The van der Waals surface area contributed by atoms with Crippen molar-refractivity contribution in [2.45, 2.75) is 51.8 Å². The second-order valence-electron chi connectivity index (χ2n) is 5.61. The van der Waals surface area contributed by atoms with Crippen molar-refractivity contribution in [2.24, 2.45) is 5.92 Å². The van der Waals surface area contributed by atoms with E-state index in [0.29, 0.717) is 6.42 Å². The zero-order chi connectivity index (χ0) is 15.4. The van der Waals surface area contributed by atoms with Crippen LogP contribution >= 0.6 is 0 Å². The Labute approximate surface area is 117 Å². The molecular formula is C13H22N2O5. The lowest BCUT2D eigenvalue weighted by Crippen LogP contribution is -2.50. The Morgan fingerprint density at radius 1 is 1.35 bits per heavy atom. The summed E-state index contributed by atoms with van der Waals surface area (Å²) in [6.07, 6.45) is -0.293. The molecule has 0 unspecified atom stereocenters. The molecule has 0 aromatic carbocycles. The van der Waals surface area contributed by atoms with E-state index < -0.39 is 30.1 Å². The van der Waals surface area contributed by atoms with Crippen molar-refractivity contribution in [1.82, 2.24) is 10.2 Å². The molecule has 1 fully saturated rings. The van der Waals surface area contributed by atoms with Crippen molar-refractivity contribution in [3.05, 3.63) is 0 Å². The molecule has 1 aliphatic rings. The highest BCUT2D eigenvalue weighted by Crippen LogP contribution is 2.18. The van der Waals surface area contributed by atoms with Crippen molar-refractivity contribution < 1.29 is 24.6 Å². The first-order valence-electron chi connectivity index (χ1n) is 6.70. The number of carbonyl (C=O) groups excluding carboxylic acids is 2. The van der Waals surface area contributed by atoms with Gasteiger partial charge in [0, 0.05) is 19.9 Å². The predicted molar refractivity (Wildman–Crippen MR) is 70.8 cm³/mol. The van der Waals surface area contributed by atoms with E-state index in [0.717, 1.165) is 0 Å². The molecule has 1 rings (SSSR count). The van der Waals surface area contributed by atoms with Gasteiger partial charge in [0.1, 0.15) is 12.1 Å². The van der Waals surface area contributed by atoms with E-state index in [4.69, 9.17) is 5.11 Å². The third-order valence-corrected chi connectivity index (χ3v) is 3.31. The number of hydrogen-bond acceptors (Lipinski definition) is 4. The Hall–Kier alpha value is -1.63. The fourth-order valence-corrected chi connectivity index (χ4v) is 2.37. The quantitative estimate of drug-likeness (QED) is 0.636. The fourth-order valence-electron chi connectivity index (χ4n) is 2.37. The topological polar surface area (TPSA) is 107 Å². The van der Waals surface area contributed by atoms with E-state index in [1.165, 1.54) is 11.8 Å². The van der Waals surface area contributed by atoms with Crippen LogP contribution in [0, 0.1) is 5.92 Å². The van der Waals surface area contributed by atoms with E-state index in [1.807, 2.05) is 13.8 Å². The van der Waals surface area contributed by atoms with Gasteiger partial charge < -0.3 is 20.4 Å². The van der Waals surface area contributed by atoms with Crippen LogP contribution in [-0.4, -0.2) is 57.6 Å². The number of rotatable bonds is 5. The SMILES string of the molecule is CC(=O)N1C[C@H](O)C[C@H]1C(=O)N[C@@H](CC(C)C)C(=O)O. The van der Waals surface area contributed by atoms with Gasteiger partial charge in [-0.3, -0.25) is 9.59 Å². The van der Waals surface area contributed by atoms with Crippen LogP contribution in [0.1, 0.15) is 33.6 Å². The van der Waals surface area contributed by atoms with Gasteiger partial charge in [-0.05, 0) is 12.3 Å². The predicted octanol–water partition coefficient (Wildman–Crippen LogP) is -0.416. The second kappa shape index (κ2) is 6.69. The minimum Gasteiger partial charge on any atom is -0.480 e. The Morgan fingerprint density at radius 3 is 2.40 bits per heavy atom. The van der Waals surface area contributed by atoms with Gasteiger partial charge in [-0.15, -0.1) is 0 Å². The minimum absolute atomic E-state index is 0.106. The average molecular weight is 286 g/mol. The highest BCUT2D eigenvalue weighted by Gasteiger charge is 2.38. The van der Waals surface area contributed by atoms with E-state index in [1.54, 1.807) is 0 Å². The van der Waals surface area contributed by atoms with Gasteiger partial charge in [0.25, 0.3) is 0 Å². The molecule has 0 bridgehead atoms. The van der Waals surface area contributed by atoms with Crippen molar-refractivity contribution in [3.63, 3.8) is 0 Å². The Kier molecular flexibility index (Phi) is 5.50. The number of carbonyl (C=O) groups is 3. The molecule has 1 heterocycles. The second-order valence-corrected chi connectivity index (χ2v) is 5.61. The Bertz CT molecular complexity index is 396. The molecule has 7 nitrogen and oxygen atoms in total. The highest BCUT2D eigenvalue weighted by atomic mass is 16.4. The molecule has 0 aromatic heterocycles. The fraction of sp³-hybridized carbons (Fsp3) is 0.769. The van der Waals surface area contributed by atoms with Gasteiger partial charge in [-0.2, -0.15) is 0 Å². The molecule has 0 saturated carbocycles. The number of amides is 2. The number of carboxylic acids is 1. The molecule has 114 valence electrons. The van der Waals surface area contributed by atoms with Crippen LogP contribution in [0.4, 0.5) is 0 Å². The zero-order valence-electron chi connectivity index (χ0n) is 12.0. The van der Waals surface area contributed by atoms with Crippen LogP contribution in [0.2, 0.25) is 0 Å². The molecule has 3 atom stereocenters. The zero-order valence-corrected chi connectivity index (χ0v) is 12.0. The number of aliphatic carboxylic acids is 1. The molecule has 1 aliphatic heterocycles. The summed E-state index contributed by atoms with van der Waals surface area (Å²) in [6, 6.07) is -1.77. The standard InChI is InChI=1S/C13H22N2O5/c1-7(2)4-10(13(19)20)14-12(18)11-5-9(17)6-15(11)8(3)16/h7,9-11,17H,4-6H2,1-3H3,(H,14,18)(H,19,20)/t9-,10+,11+/m1/s1. The summed E-state index contributed by atoms with van der Waals surface area (Å²) in [7, 11) is 0. The number of carboxylic acid groups (broad SMARTS) is 1. The number of likely N-dealkylation sites (tertiary alicyclic amines) is 1. The lowest BCUT2D eigenvalue weighted by atomic mass is 10.0. The van der Waals surface area contributed by atoms with Gasteiger partial charge in [0.15, 0.2) is 0 Å². The molecule has 0 radical (unpaired) electrons. The van der Waals surface area contributed by atoms with E-state index in [-0.39, 0.29) is 24.8 Å². The first-order chi connectivity index (χ1) is 9.22. The van der Waals surface area contributed by atoms with Crippen LogP contribution in [0.5, 0.6) is 0 Å². The summed E-state index contributed by atoms with van der Waals surface area (Å²) in [4.78, 5) is 35.9. The number of aliphatic hydroxyl groups excluding tert-OH is 1. The van der Waals surface area contributed by atoms with Crippen molar-refractivity contribution in [3.8, 4) is 0 Å². The Balaban J connectivity index is 2.72. The number of aliphatic hydroxyl groups is 1. The summed E-state index contributed by atoms with van der Waals surface area (Å²) in [5, 5.41) is 21.1. The molecule has 3 N–H and O–H groups in total. The Morgan fingerprint density at radius 2 is 1.95 bits per heavy atom. The molecule has 1 saturated heterocycles. The molecule has 0 aromatic rings. The normalized spacial score (nSPS) is 23.8. The van der Waals surface area contributed by atoms with Crippen LogP contribution in [0.3, 0.4) is 0 Å². The van der Waals surface area contributed by atoms with Gasteiger partial charge in [0.2, 0.25) is 11.8 Å². The maximum atomic E-state index is 12.1.